The minimum atomic E-state index is -3.09. The van der Waals surface area contributed by atoms with Crippen molar-refractivity contribution in [1.29, 1.82) is 0 Å². The number of carbonyl (C=O) groups excluding carboxylic acids is 2. The van der Waals surface area contributed by atoms with Crippen molar-refractivity contribution in [1.82, 2.24) is 10.5 Å². The maximum absolute atomic E-state index is 12.4. The number of sulfone groups is 1. The molecule has 9 heteroatoms. The average molecular weight is 414 g/mol. The molecule has 1 saturated heterocycles. The summed E-state index contributed by atoms with van der Waals surface area (Å²) in [7, 11) is -3.09. The molecular weight excluding hydrogens is 396 g/mol. The van der Waals surface area contributed by atoms with Crippen LogP contribution in [0.15, 0.2) is 53.1 Å². The molecule has 1 amide bonds. The van der Waals surface area contributed by atoms with Gasteiger partial charge in [-0.2, -0.15) is 0 Å². The molecule has 0 radical (unpaired) electrons. The topological polar surface area (TPSA) is 116 Å². The van der Waals surface area contributed by atoms with Crippen LogP contribution in [-0.2, 0) is 19.4 Å². The lowest BCUT2D eigenvalue weighted by molar-refractivity contribution is -0.124. The minimum Gasteiger partial charge on any atom is -0.452 e. The maximum Gasteiger partial charge on any atom is 0.338 e. The van der Waals surface area contributed by atoms with Gasteiger partial charge in [-0.15, -0.1) is 0 Å². The fourth-order valence-electron chi connectivity index (χ4n) is 3.26. The van der Waals surface area contributed by atoms with Crippen LogP contribution >= 0.6 is 0 Å². The average Bonchev–Trinajstić information content (AvgIpc) is 3.28. The molecule has 0 bridgehead atoms. The monoisotopic (exact) mass is 414 g/mol. The van der Waals surface area contributed by atoms with Crippen molar-refractivity contribution in [3.05, 3.63) is 54.1 Å². The smallest absolute Gasteiger partial charge is 0.338 e. The molecule has 1 aromatic heterocycles. The van der Waals surface area contributed by atoms with E-state index in [0.717, 1.165) is 5.56 Å². The summed E-state index contributed by atoms with van der Waals surface area (Å²) in [6, 6.07) is 13.7. The molecule has 0 unspecified atom stereocenters. The number of fused-ring (bicyclic) bond motifs is 1. The summed E-state index contributed by atoms with van der Waals surface area (Å²) in [5.41, 5.74) is 1.68. The van der Waals surface area contributed by atoms with Gasteiger partial charge in [-0.3, -0.25) is 4.79 Å². The zero-order chi connectivity index (χ0) is 20.4. The number of amides is 1. The van der Waals surface area contributed by atoms with Crippen molar-refractivity contribution in [3.8, 4) is 11.3 Å². The number of benzene rings is 2. The van der Waals surface area contributed by atoms with Crippen LogP contribution in [0.25, 0.3) is 22.2 Å². The lowest BCUT2D eigenvalue weighted by Crippen LogP contribution is -2.38. The van der Waals surface area contributed by atoms with Crippen molar-refractivity contribution in [2.75, 3.05) is 18.1 Å². The first-order chi connectivity index (χ1) is 13.9. The van der Waals surface area contributed by atoms with Crippen molar-refractivity contribution < 1.29 is 27.3 Å². The predicted octanol–water partition coefficient (Wildman–Crippen LogP) is 1.95. The Bertz CT molecular complexity index is 1170. The van der Waals surface area contributed by atoms with Gasteiger partial charge in [0.15, 0.2) is 22.2 Å². The second kappa shape index (κ2) is 7.67. The van der Waals surface area contributed by atoms with E-state index < -0.39 is 34.4 Å². The van der Waals surface area contributed by atoms with Crippen molar-refractivity contribution in [3.63, 3.8) is 0 Å². The molecule has 0 spiro atoms. The largest absolute Gasteiger partial charge is 0.452 e. The molecule has 150 valence electrons. The van der Waals surface area contributed by atoms with Crippen LogP contribution in [0.4, 0.5) is 0 Å². The Hall–Kier alpha value is -3.20. The van der Waals surface area contributed by atoms with Crippen LogP contribution in [0.1, 0.15) is 16.8 Å². The number of rotatable bonds is 5. The normalized spacial score (nSPS) is 17.9. The first-order valence-electron chi connectivity index (χ1n) is 9.03. The summed E-state index contributed by atoms with van der Waals surface area (Å²) in [6.45, 7) is -0.484. The van der Waals surface area contributed by atoms with Gasteiger partial charge in [-0.25, -0.2) is 13.2 Å². The number of aromatic nitrogens is 1. The molecule has 1 aliphatic heterocycles. The van der Waals surface area contributed by atoms with E-state index >= 15 is 0 Å². The minimum absolute atomic E-state index is 0.0558. The summed E-state index contributed by atoms with van der Waals surface area (Å²) < 4.78 is 33.4. The van der Waals surface area contributed by atoms with Gasteiger partial charge < -0.3 is 14.6 Å². The van der Waals surface area contributed by atoms with Crippen LogP contribution in [0.2, 0.25) is 0 Å². The third-order valence-corrected chi connectivity index (χ3v) is 6.45. The summed E-state index contributed by atoms with van der Waals surface area (Å²) in [4.78, 5) is 24.3. The Morgan fingerprint density at radius 2 is 1.97 bits per heavy atom. The van der Waals surface area contributed by atoms with E-state index in [4.69, 9.17) is 9.26 Å². The van der Waals surface area contributed by atoms with Crippen molar-refractivity contribution >= 4 is 32.6 Å². The highest BCUT2D eigenvalue weighted by atomic mass is 32.2. The molecule has 29 heavy (non-hydrogen) atoms. The standard InChI is InChI=1S/C20H18N2O6S/c23-18(21-15-8-9-29(25,26)12-15)11-27-20(24)14-6-7-17-16(10-14)19(28-22-17)13-4-2-1-3-5-13/h1-7,10,15H,8-9,11-12H2,(H,21,23)/t15-/m1/s1. The van der Waals surface area contributed by atoms with Crippen LogP contribution < -0.4 is 5.32 Å². The van der Waals surface area contributed by atoms with E-state index in [2.05, 4.69) is 10.5 Å². The van der Waals surface area contributed by atoms with Crippen molar-refractivity contribution in [2.24, 2.45) is 0 Å². The second-order valence-corrected chi connectivity index (χ2v) is 9.08. The van der Waals surface area contributed by atoms with Gasteiger partial charge in [0.1, 0.15) is 5.52 Å². The summed E-state index contributed by atoms with van der Waals surface area (Å²) in [5.74, 6) is -0.687. The zero-order valence-electron chi connectivity index (χ0n) is 15.3. The zero-order valence-corrected chi connectivity index (χ0v) is 16.1. The van der Waals surface area contributed by atoms with Gasteiger partial charge in [0.25, 0.3) is 5.91 Å². The molecule has 1 aliphatic rings. The Morgan fingerprint density at radius 1 is 1.17 bits per heavy atom. The van der Waals surface area contributed by atoms with Gasteiger partial charge in [-0.05, 0) is 24.6 Å². The van der Waals surface area contributed by atoms with Crippen LogP contribution in [0.3, 0.4) is 0 Å². The Labute approximate surface area is 166 Å². The molecular formula is C20H18N2O6S. The first-order valence-corrected chi connectivity index (χ1v) is 10.9. The first kappa shape index (κ1) is 19.1. The fraction of sp³-hybridized carbons (Fsp3) is 0.250. The summed E-state index contributed by atoms with van der Waals surface area (Å²) in [6.07, 6.45) is 0.369. The van der Waals surface area contributed by atoms with Gasteiger partial charge in [-0.1, -0.05) is 35.5 Å². The Balaban J connectivity index is 1.43. The van der Waals surface area contributed by atoms with E-state index in [-0.39, 0.29) is 17.1 Å². The molecule has 1 atom stereocenters. The number of nitrogens with zero attached hydrogens (tertiary/aromatic N) is 1. The van der Waals surface area contributed by atoms with Gasteiger partial charge >= 0.3 is 5.97 Å². The SMILES string of the molecule is O=C(COC(=O)c1ccc2noc(-c3ccccc3)c2c1)N[C@@H]1CCS(=O)(=O)C1. The third-order valence-electron chi connectivity index (χ3n) is 4.68. The Kier molecular flexibility index (Phi) is 5.06. The molecule has 2 heterocycles. The second-order valence-electron chi connectivity index (χ2n) is 6.85. The molecule has 1 N–H and O–H groups in total. The quantitative estimate of drug-likeness (QED) is 0.635. The number of ether oxygens (including phenoxy) is 1. The molecule has 1 fully saturated rings. The molecule has 4 rings (SSSR count). The van der Waals surface area contributed by atoms with E-state index in [9.17, 15) is 18.0 Å². The summed E-state index contributed by atoms with van der Waals surface area (Å²) in [5, 5.41) is 7.23. The highest BCUT2D eigenvalue weighted by Crippen LogP contribution is 2.29. The lowest BCUT2D eigenvalue weighted by atomic mass is 10.1. The van der Waals surface area contributed by atoms with Gasteiger partial charge in [0.05, 0.1) is 22.5 Å². The van der Waals surface area contributed by atoms with Crippen LogP contribution in [-0.4, -0.2) is 49.6 Å². The van der Waals surface area contributed by atoms with E-state index in [0.29, 0.717) is 23.1 Å². The van der Waals surface area contributed by atoms with E-state index in [1.54, 1.807) is 18.2 Å². The molecule has 0 saturated carbocycles. The number of hydrogen-bond donors (Lipinski definition) is 1. The van der Waals surface area contributed by atoms with Crippen LogP contribution in [0.5, 0.6) is 0 Å². The highest BCUT2D eigenvalue weighted by Gasteiger charge is 2.29. The number of esters is 1. The number of hydrogen-bond acceptors (Lipinski definition) is 7. The van der Waals surface area contributed by atoms with E-state index in [1.807, 2.05) is 30.3 Å². The molecule has 2 aromatic carbocycles. The highest BCUT2D eigenvalue weighted by molar-refractivity contribution is 7.91. The number of carbonyl (C=O) groups is 2. The molecule has 8 nitrogen and oxygen atoms in total. The van der Waals surface area contributed by atoms with Gasteiger partial charge in [0.2, 0.25) is 0 Å². The van der Waals surface area contributed by atoms with Crippen LogP contribution in [0, 0.1) is 0 Å². The predicted molar refractivity (Wildman–Crippen MR) is 105 cm³/mol. The van der Waals surface area contributed by atoms with Gasteiger partial charge in [0, 0.05) is 11.6 Å². The van der Waals surface area contributed by atoms with E-state index in [1.165, 1.54) is 0 Å². The third kappa shape index (κ3) is 4.29. The lowest BCUT2D eigenvalue weighted by Gasteiger charge is -2.11. The molecule has 3 aromatic rings. The fourth-order valence-corrected chi connectivity index (χ4v) is 4.93. The molecule has 0 aliphatic carbocycles. The number of nitrogens with one attached hydrogen (secondary N) is 1. The van der Waals surface area contributed by atoms with Crippen molar-refractivity contribution in [2.45, 2.75) is 12.5 Å². The summed E-state index contributed by atoms with van der Waals surface area (Å²) >= 11 is 0. The maximum atomic E-state index is 12.4. The Morgan fingerprint density at radius 3 is 2.69 bits per heavy atom.